The fraction of sp³-hybridized carbons (Fsp3) is 0.556. The smallest absolute Gasteiger partial charge is 0.340 e. The number of Topliss-reactive ketones (excluding diaryl/α,β-unsaturated/α-hetero) is 1. The summed E-state index contributed by atoms with van der Waals surface area (Å²) < 4.78 is 10.0. The number of ketones is 1. The van der Waals surface area contributed by atoms with E-state index in [1.807, 2.05) is 13.8 Å². The van der Waals surface area contributed by atoms with Crippen LogP contribution in [0.4, 0.5) is 4.79 Å². The zero-order valence-electron chi connectivity index (χ0n) is 16.3. The number of ether oxygens (including phenoxy) is 2. The number of urea groups is 1. The molecule has 27 heavy (non-hydrogen) atoms. The molecule has 0 aliphatic carbocycles. The SMILES string of the molecule is CCOC(=O)c1c(C)[nH]c(C(=O)COC(=O)C(CC(C)C)NC(N)=O)c1C. The maximum absolute atomic E-state index is 12.4. The highest BCUT2D eigenvalue weighted by molar-refractivity contribution is 6.02. The van der Waals surface area contributed by atoms with Gasteiger partial charge in [-0.15, -0.1) is 0 Å². The number of hydrogen-bond acceptors (Lipinski definition) is 6. The van der Waals surface area contributed by atoms with Crippen molar-refractivity contribution in [3.63, 3.8) is 0 Å². The Morgan fingerprint density at radius 1 is 1.15 bits per heavy atom. The van der Waals surface area contributed by atoms with Crippen molar-refractivity contribution in [1.29, 1.82) is 0 Å². The number of nitrogens with two attached hydrogens (primary N) is 1. The van der Waals surface area contributed by atoms with Crippen molar-refractivity contribution in [2.75, 3.05) is 13.2 Å². The lowest BCUT2D eigenvalue weighted by Gasteiger charge is -2.18. The van der Waals surface area contributed by atoms with E-state index in [9.17, 15) is 19.2 Å². The van der Waals surface area contributed by atoms with Gasteiger partial charge >= 0.3 is 18.0 Å². The van der Waals surface area contributed by atoms with E-state index in [2.05, 4.69) is 10.3 Å². The second kappa shape index (κ2) is 9.75. The summed E-state index contributed by atoms with van der Waals surface area (Å²) in [7, 11) is 0. The molecule has 0 aliphatic rings. The molecule has 1 unspecified atom stereocenters. The minimum atomic E-state index is -0.933. The largest absolute Gasteiger partial charge is 0.462 e. The van der Waals surface area contributed by atoms with Gasteiger partial charge in [0, 0.05) is 5.69 Å². The molecule has 9 nitrogen and oxygen atoms in total. The number of hydrogen-bond donors (Lipinski definition) is 3. The number of primary amides is 1. The summed E-state index contributed by atoms with van der Waals surface area (Å²) in [6, 6.07) is -1.78. The number of amides is 2. The Morgan fingerprint density at radius 3 is 2.30 bits per heavy atom. The molecule has 1 aromatic heterocycles. The predicted molar refractivity (Wildman–Crippen MR) is 97.5 cm³/mol. The van der Waals surface area contributed by atoms with Crippen LogP contribution in [-0.2, 0) is 14.3 Å². The Kier molecular flexibility index (Phi) is 8.01. The predicted octanol–water partition coefficient (Wildman–Crippen LogP) is 1.62. The molecule has 0 spiro atoms. The number of carbonyl (C=O) groups is 4. The molecule has 150 valence electrons. The van der Waals surface area contributed by atoms with Crippen molar-refractivity contribution in [1.82, 2.24) is 10.3 Å². The molecule has 0 aromatic carbocycles. The first-order chi connectivity index (χ1) is 12.6. The maximum atomic E-state index is 12.4. The summed E-state index contributed by atoms with van der Waals surface area (Å²) in [5.74, 6) is -1.67. The van der Waals surface area contributed by atoms with Gasteiger partial charge in [0.1, 0.15) is 6.04 Å². The molecule has 0 saturated carbocycles. The number of H-pyrrole nitrogens is 1. The van der Waals surface area contributed by atoms with Crippen molar-refractivity contribution in [2.45, 2.75) is 47.1 Å². The van der Waals surface area contributed by atoms with Crippen LogP contribution in [0.15, 0.2) is 0 Å². The molecule has 2 amide bonds. The van der Waals surface area contributed by atoms with Gasteiger partial charge in [0.15, 0.2) is 6.61 Å². The first kappa shape index (κ1) is 22.2. The number of aromatic amines is 1. The number of carbonyl (C=O) groups excluding carboxylic acids is 4. The van der Waals surface area contributed by atoms with Gasteiger partial charge < -0.3 is 25.5 Å². The van der Waals surface area contributed by atoms with E-state index in [-0.39, 0.29) is 18.2 Å². The van der Waals surface area contributed by atoms with Gasteiger partial charge in [-0.05, 0) is 38.7 Å². The monoisotopic (exact) mass is 381 g/mol. The first-order valence-corrected chi connectivity index (χ1v) is 8.70. The summed E-state index contributed by atoms with van der Waals surface area (Å²) >= 11 is 0. The van der Waals surface area contributed by atoms with Gasteiger partial charge in [-0.2, -0.15) is 0 Å². The number of nitrogens with one attached hydrogen (secondary N) is 2. The molecule has 1 heterocycles. The standard InChI is InChI=1S/C18H27N3O6/c1-6-26-17(24)14-10(4)15(20-11(14)5)13(22)8-27-16(23)12(7-9(2)3)21-18(19)25/h9,12,20H,6-8H2,1-5H3,(H3,19,21,25). The van der Waals surface area contributed by atoms with Crippen molar-refractivity contribution < 1.29 is 28.7 Å². The summed E-state index contributed by atoms with van der Waals surface area (Å²) in [6.45, 7) is 8.38. The van der Waals surface area contributed by atoms with Crippen LogP contribution in [0.1, 0.15) is 59.3 Å². The van der Waals surface area contributed by atoms with Crippen molar-refractivity contribution >= 4 is 23.8 Å². The van der Waals surface area contributed by atoms with Crippen molar-refractivity contribution in [3.8, 4) is 0 Å². The summed E-state index contributed by atoms with van der Waals surface area (Å²) in [4.78, 5) is 50.5. The molecular weight excluding hydrogens is 354 g/mol. The van der Waals surface area contributed by atoms with Crippen molar-refractivity contribution in [3.05, 3.63) is 22.5 Å². The van der Waals surface area contributed by atoms with Crippen LogP contribution >= 0.6 is 0 Å². The topological polar surface area (TPSA) is 141 Å². The van der Waals surface area contributed by atoms with Gasteiger partial charge in [0.25, 0.3) is 0 Å². The van der Waals surface area contributed by atoms with Crippen LogP contribution in [0.5, 0.6) is 0 Å². The third-order valence-corrected chi connectivity index (χ3v) is 3.85. The van der Waals surface area contributed by atoms with Crippen LogP contribution in [0.25, 0.3) is 0 Å². The quantitative estimate of drug-likeness (QED) is 0.438. The maximum Gasteiger partial charge on any atom is 0.340 e. The molecule has 9 heteroatoms. The van der Waals surface area contributed by atoms with Gasteiger partial charge in [-0.3, -0.25) is 4.79 Å². The average molecular weight is 381 g/mol. The highest BCUT2D eigenvalue weighted by atomic mass is 16.5. The van der Waals surface area contributed by atoms with Crippen LogP contribution < -0.4 is 11.1 Å². The molecule has 0 radical (unpaired) electrons. The van der Waals surface area contributed by atoms with E-state index in [0.29, 0.717) is 23.2 Å². The molecule has 1 aromatic rings. The molecule has 0 fully saturated rings. The second-order valence-corrected chi connectivity index (χ2v) is 6.57. The van der Waals surface area contributed by atoms with Crippen molar-refractivity contribution in [2.24, 2.45) is 11.7 Å². The van der Waals surface area contributed by atoms with Crippen LogP contribution in [0, 0.1) is 19.8 Å². The Balaban J connectivity index is 2.84. The van der Waals surface area contributed by atoms with Gasteiger partial charge in [0.2, 0.25) is 5.78 Å². The summed E-state index contributed by atoms with van der Waals surface area (Å²) in [6.07, 6.45) is 0.323. The molecule has 1 atom stereocenters. The lowest BCUT2D eigenvalue weighted by molar-refractivity contribution is -0.145. The third kappa shape index (κ3) is 6.12. The zero-order chi connectivity index (χ0) is 20.7. The molecule has 0 aliphatic heterocycles. The van der Waals surface area contributed by atoms with E-state index < -0.39 is 36.4 Å². The van der Waals surface area contributed by atoms with E-state index in [1.54, 1.807) is 20.8 Å². The van der Waals surface area contributed by atoms with E-state index >= 15 is 0 Å². The average Bonchev–Trinajstić information content (AvgIpc) is 2.85. The van der Waals surface area contributed by atoms with E-state index in [1.165, 1.54) is 0 Å². The fourth-order valence-electron chi connectivity index (χ4n) is 2.70. The number of rotatable bonds is 9. The Labute approximate surface area is 158 Å². The first-order valence-electron chi connectivity index (χ1n) is 8.70. The molecule has 0 bridgehead atoms. The number of aryl methyl sites for hydroxylation is 1. The minimum absolute atomic E-state index is 0.102. The van der Waals surface area contributed by atoms with Gasteiger partial charge in [-0.25, -0.2) is 14.4 Å². The molecule has 1 rings (SSSR count). The Bertz CT molecular complexity index is 723. The normalized spacial score (nSPS) is 11.8. The summed E-state index contributed by atoms with van der Waals surface area (Å²) in [5, 5.41) is 2.31. The molecular formula is C18H27N3O6. The number of aromatic nitrogens is 1. The highest BCUT2D eigenvalue weighted by Crippen LogP contribution is 2.19. The van der Waals surface area contributed by atoms with Crippen LogP contribution in [-0.4, -0.2) is 48.0 Å². The lowest BCUT2D eigenvalue weighted by Crippen LogP contribution is -2.45. The molecule has 4 N–H and O–H groups in total. The Hall–Kier alpha value is -2.84. The second-order valence-electron chi connectivity index (χ2n) is 6.57. The lowest BCUT2D eigenvalue weighted by atomic mass is 10.0. The minimum Gasteiger partial charge on any atom is -0.462 e. The van der Waals surface area contributed by atoms with Gasteiger partial charge in [0.05, 0.1) is 17.9 Å². The molecule has 0 saturated heterocycles. The Morgan fingerprint density at radius 2 is 1.78 bits per heavy atom. The van der Waals surface area contributed by atoms with E-state index in [0.717, 1.165) is 0 Å². The van der Waals surface area contributed by atoms with E-state index in [4.69, 9.17) is 15.2 Å². The third-order valence-electron chi connectivity index (χ3n) is 3.85. The fourth-order valence-corrected chi connectivity index (χ4v) is 2.70. The van der Waals surface area contributed by atoms with Gasteiger partial charge in [-0.1, -0.05) is 13.8 Å². The van der Waals surface area contributed by atoms with Crippen LogP contribution in [0.2, 0.25) is 0 Å². The zero-order valence-corrected chi connectivity index (χ0v) is 16.3. The number of esters is 2. The highest BCUT2D eigenvalue weighted by Gasteiger charge is 2.26. The van der Waals surface area contributed by atoms with Crippen LogP contribution in [0.3, 0.4) is 0 Å². The summed E-state index contributed by atoms with van der Waals surface area (Å²) in [5.41, 5.74) is 6.46.